The predicted molar refractivity (Wildman–Crippen MR) is 90.5 cm³/mol. The molecule has 0 aliphatic heterocycles. The lowest BCUT2D eigenvalue weighted by Crippen LogP contribution is -2.51. The van der Waals surface area contributed by atoms with Crippen molar-refractivity contribution in [3.8, 4) is 0 Å². The third kappa shape index (κ3) is 3.66. The summed E-state index contributed by atoms with van der Waals surface area (Å²) in [5, 5.41) is 1.31. The first-order chi connectivity index (χ1) is 9.95. The zero-order valence-electron chi connectivity index (χ0n) is 11.6. The van der Waals surface area contributed by atoms with E-state index in [2.05, 4.69) is 6.58 Å². The van der Waals surface area contributed by atoms with Crippen LogP contribution in [0.25, 0.3) is 0 Å². The largest absolute Gasteiger partial charge is 0.309 e. The summed E-state index contributed by atoms with van der Waals surface area (Å²) in [6.45, 7) is 3.80. The molecule has 21 heavy (non-hydrogen) atoms. The normalized spacial score (nSPS) is 13.0. The molecule has 0 amide bonds. The third-order valence-electron chi connectivity index (χ3n) is 3.57. The van der Waals surface area contributed by atoms with Crippen molar-refractivity contribution in [3.63, 3.8) is 0 Å². The molecule has 2 nitrogen and oxygen atoms in total. The molecule has 4 N–H and O–H groups in total. The minimum Gasteiger partial charge on any atom is -0.309 e. The van der Waals surface area contributed by atoms with E-state index >= 15 is 0 Å². The molecule has 0 saturated heterocycles. The Balaban J connectivity index is 2.45. The van der Waals surface area contributed by atoms with Gasteiger partial charge in [0, 0.05) is 16.0 Å². The Labute approximate surface area is 135 Å². The lowest BCUT2D eigenvalue weighted by molar-refractivity contribution is 0.367. The summed E-state index contributed by atoms with van der Waals surface area (Å²) >= 11 is 12.0. The number of nitrogens with two attached hydrogens (primary N) is 2. The van der Waals surface area contributed by atoms with E-state index in [-0.39, 0.29) is 5.92 Å². The molecule has 0 unspecified atom stereocenters. The Hall–Kier alpha value is -1.32. The van der Waals surface area contributed by atoms with Gasteiger partial charge in [0.15, 0.2) is 0 Å². The summed E-state index contributed by atoms with van der Waals surface area (Å²) in [6.07, 6.45) is 2.46. The molecular weight excluding hydrogens is 303 g/mol. The van der Waals surface area contributed by atoms with Gasteiger partial charge in [-0.2, -0.15) is 0 Å². The number of benzene rings is 2. The molecule has 1 atom stereocenters. The van der Waals surface area contributed by atoms with Crippen molar-refractivity contribution in [2.24, 2.45) is 11.5 Å². The highest BCUT2D eigenvalue weighted by Gasteiger charge is 2.33. The maximum absolute atomic E-state index is 6.44. The first-order valence-electron chi connectivity index (χ1n) is 6.65. The van der Waals surface area contributed by atoms with Gasteiger partial charge in [0.25, 0.3) is 0 Å². The van der Waals surface area contributed by atoms with Crippen LogP contribution in [0, 0.1) is 0 Å². The van der Waals surface area contributed by atoms with Gasteiger partial charge in [-0.05, 0) is 41.8 Å². The fraction of sp³-hybridized carbons (Fsp3) is 0.176. The van der Waals surface area contributed by atoms with Gasteiger partial charge >= 0.3 is 0 Å². The molecule has 2 aromatic rings. The van der Waals surface area contributed by atoms with Crippen LogP contribution in [0.3, 0.4) is 0 Å². The van der Waals surface area contributed by atoms with Crippen molar-refractivity contribution in [2.75, 3.05) is 0 Å². The second-order valence-corrected chi connectivity index (χ2v) is 5.94. The number of rotatable bonds is 5. The molecule has 2 rings (SSSR count). The number of hydrogen-bond acceptors (Lipinski definition) is 2. The highest BCUT2D eigenvalue weighted by molar-refractivity contribution is 6.30. The first-order valence-corrected chi connectivity index (χ1v) is 7.41. The molecule has 2 aromatic carbocycles. The van der Waals surface area contributed by atoms with E-state index in [1.165, 1.54) is 0 Å². The summed E-state index contributed by atoms with van der Waals surface area (Å²) in [6, 6.07) is 14.9. The standard InChI is InChI=1S/C17H18Cl2N2/c1-2-4-16(12-5-3-6-15(19)11-12)17(20,21)13-7-9-14(18)10-8-13/h2-3,5-11,16H,1,4,20-21H2/t16-/m1/s1. The first kappa shape index (κ1) is 16.1. The highest BCUT2D eigenvalue weighted by atomic mass is 35.5. The van der Waals surface area contributed by atoms with Crippen LogP contribution in [0.1, 0.15) is 23.5 Å². The van der Waals surface area contributed by atoms with Crippen molar-refractivity contribution in [3.05, 3.63) is 82.4 Å². The Kier molecular flexibility index (Phi) is 5.07. The van der Waals surface area contributed by atoms with Gasteiger partial charge in [-0.25, -0.2) is 0 Å². The molecule has 110 valence electrons. The van der Waals surface area contributed by atoms with Gasteiger partial charge < -0.3 is 11.5 Å². The fourth-order valence-corrected chi connectivity index (χ4v) is 2.76. The van der Waals surface area contributed by atoms with Crippen LogP contribution in [0.4, 0.5) is 0 Å². The van der Waals surface area contributed by atoms with E-state index in [0.717, 1.165) is 11.1 Å². The number of hydrogen-bond donors (Lipinski definition) is 2. The van der Waals surface area contributed by atoms with Crippen LogP contribution in [0.2, 0.25) is 10.0 Å². The molecular formula is C17H18Cl2N2. The molecule has 4 heteroatoms. The average molecular weight is 321 g/mol. The van der Waals surface area contributed by atoms with Crippen molar-refractivity contribution in [1.82, 2.24) is 0 Å². The quantitative estimate of drug-likeness (QED) is 0.632. The Morgan fingerprint density at radius 3 is 2.29 bits per heavy atom. The summed E-state index contributed by atoms with van der Waals surface area (Å²) in [5.74, 6) is -0.130. The zero-order valence-corrected chi connectivity index (χ0v) is 13.1. The second kappa shape index (κ2) is 6.63. The van der Waals surface area contributed by atoms with Crippen molar-refractivity contribution >= 4 is 23.2 Å². The van der Waals surface area contributed by atoms with E-state index in [1.54, 1.807) is 12.1 Å². The molecule has 0 saturated carbocycles. The molecule has 0 radical (unpaired) electrons. The van der Waals surface area contributed by atoms with E-state index < -0.39 is 5.66 Å². The molecule has 0 heterocycles. The summed E-state index contributed by atoms with van der Waals surface area (Å²) in [5.41, 5.74) is 13.7. The number of allylic oxidation sites excluding steroid dienone is 1. The minimum absolute atomic E-state index is 0.130. The zero-order chi connectivity index (χ0) is 15.5. The fourth-order valence-electron chi connectivity index (χ4n) is 2.44. The molecule has 0 fully saturated rings. The SMILES string of the molecule is C=CC[C@H](c1cccc(Cl)c1)C(N)(N)c1ccc(Cl)cc1. The average Bonchev–Trinajstić information content (AvgIpc) is 2.45. The van der Waals surface area contributed by atoms with Gasteiger partial charge in [0.05, 0.1) is 5.66 Å². The Bertz CT molecular complexity index is 621. The van der Waals surface area contributed by atoms with Crippen LogP contribution in [0.15, 0.2) is 61.2 Å². The van der Waals surface area contributed by atoms with Crippen LogP contribution < -0.4 is 11.5 Å². The summed E-state index contributed by atoms with van der Waals surface area (Å²) < 4.78 is 0. The summed E-state index contributed by atoms with van der Waals surface area (Å²) in [7, 11) is 0. The van der Waals surface area contributed by atoms with Crippen LogP contribution in [-0.2, 0) is 5.66 Å². The van der Waals surface area contributed by atoms with Crippen molar-refractivity contribution in [2.45, 2.75) is 18.0 Å². The van der Waals surface area contributed by atoms with Crippen molar-refractivity contribution < 1.29 is 0 Å². The smallest absolute Gasteiger partial charge is 0.0972 e. The molecule has 0 spiro atoms. The van der Waals surface area contributed by atoms with Crippen LogP contribution in [-0.4, -0.2) is 0 Å². The van der Waals surface area contributed by atoms with E-state index in [0.29, 0.717) is 16.5 Å². The Morgan fingerprint density at radius 2 is 1.71 bits per heavy atom. The molecule has 0 aliphatic rings. The van der Waals surface area contributed by atoms with E-state index in [9.17, 15) is 0 Å². The maximum Gasteiger partial charge on any atom is 0.0972 e. The van der Waals surface area contributed by atoms with Gasteiger partial charge in [-0.1, -0.05) is 53.5 Å². The monoisotopic (exact) mass is 320 g/mol. The Morgan fingerprint density at radius 1 is 1.05 bits per heavy atom. The van der Waals surface area contributed by atoms with Crippen LogP contribution >= 0.6 is 23.2 Å². The second-order valence-electron chi connectivity index (χ2n) is 5.07. The lowest BCUT2D eigenvalue weighted by atomic mass is 9.80. The third-order valence-corrected chi connectivity index (χ3v) is 4.06. The lowest BCUT2D eigenvalue weighted by Gasteiger charge is -2.34. The minimum atomic E-state index is -1.04. The van der Waals surface area contributed by atoms with Gasteiger partial charge in [0.2, 0.25) is 0 Å². The maximum atomic E-state index is 6.44. The molecule has 0 bridgehead atoms. The van der Waals surface area contributed by atoms with Crippen molar-refractivity contribution in [1.29, 1.82) is 0 Å². The summed E-state index contributed by atoms with van der Waals surface area (Å²) in [4.78, 5) is 0. The van der Waals surface area contributed by atoms with Gasteiger partial charge in [-0.3, -0.25) is 0 Å². The highest BCUT2D eigenvalue weighted by Crippen LogP contribution is 2.35. The van der Waals surface area contributed by atoms with E-state index in [4.69, 9.17) is 34.7 Å². The predicted octanol–water partition coefficient (Wildman–Crippen LogP) is 4.42. The molecule has 0 aliphatic carbocycles. The van der Waals surface area contributed by atoms with Crippen LogP contribution in [0.5, 0.6) is 0 Å². The van der Waals surface area contributed by atoms with Gasteiger partial charge in [-0.15, -0.1) is 6.58 Å². The topological polar surface area (TPSA) is 52.0 Å². The van der Waals surface area contributed by atoms with Gasteiger partial charge in [0.1, 0.15) is 0 Å². The van der Waals surface area contributed by atoms with E-state index in [1.807, 2.05) is 42.5 Å². The number of halogens is 2. The molecule has 0 aromatic heterocycles.